The van der Waals surface area contributed by atoms with E-state index in [1.54, 1.807) is 30.6 Å². The summed E-state index contributed by atoms with van der Waals surface area (Å²) in [5.74, 6) is 0. The van der Waals surface area contributed by atoms with Crippen molar-refractivity contribution in [3.63, 3.8) is 0 Å². The summed E-state index contributed by atoms with van der Waals surface area (Å²) in [7, 11) is 0. The molecule has 2 heterocycles. The first kappa shape index (κ1) is 14.3. The Morgan fingerprint density at radius 3 is 2.64 bits per heavy atom. The fourth-order valence-electron chi connectivity index (χ4n) is 2.04. The number of thiazole rings is 1. The number of rotatable bonds is 2. The number of amides is 2. The van der Waals surface area contributed by atoms with Gasteiger partial charge in [-0.05, 0) is 26.0 Å². The highest BCUT2D eigenvalue weighted by Gasteiger charge is 2.13. The molecular formula is C15H14N4O2S. The molecule has 0 saturated heterocycles. The van der Waals surface area contributed by atoms with E-state index in [1.807, 2.05) is 19.1 Å². The fraction of sp³-hybridized carbons (Fsp3) is 0.133. The van der Waals surface area contributed by atoms with E-state index < -0.39 is 6.03 Å². The Hall–Kier alpha value is -2.67. The second kappa shape index (κ2) is 5.61. The van der Waals surface area contributed by atoms with Gasteiger partial charge in [0.05, 0.1) is 5.69 Å². The standard InChI is InChI=1S/C15H14N4O2S/c1-9-3-5-11(6-4-9)17-14(21)18-12-10(2)16-15-19(13(12)20)7-8-22-15/h3-8H,1-2H3,(H2,17,18,21). The van der Waals surface area contributed by atoms with E-state index in [0.29, 0.717) is 16.3 Å². The van der Waals surface area contributed by atoms with Crippen molar-refractivity contribution in [3.8, 4) is 0 Å². The molecular weight excluding hydrogens is 300 g/mol. The van der Waals surface area contributed by atoms with E-state index in [9.17, 15) is 9.59 Å². The number of carbonyl (C=O) groups excluding carboxylic acids is 1. The van der Waals surface area contributed by atoms with Gasteiger partial charge in [0.2, 0.25) is 0 Å². The SMILES string of the molecule is Cc1ccc(NC(=O)Nc2c(C)nc3sccn3c2=O)cc1. The Morgan fingerprint density at radius 1 is 1.18 bits per heavy atom. The van der Waals surface area contributed by atoms with E-state index in [-0.39, 0.29) is 11.2 Å². The molecule has 0 aliphatic carbocycles. The van der Waals surface area contributed by atoms with Crippen molar-refractivity contribution in [1.82, 2.24) is 9.38 Å². The molecule has 2 aromatic heterocycles. The van der Waals surface area contributed by atoms with Crippen LogP contribution in [0.15, 0.2) is 40.6 Å². The minimum absolute atomic E-state index is 0.181. The molecule has 0 saturated carbocycles. The Morgan fingerprint density at radius 2 is 1.91 bits per heavy atom. The summed E-state index contributed by atoms with van der Waals surface area (Å²) in [6.07, 6.45) is 1.64. The van der Waals surface area contributed by atoms with Gasteiger partial charge in [-0.3, -0.25) is 9.20 Å². The summed E-state index contributed by atoms with van der Waals surface area (Å²) < 4.78 is 1.42. The number of hydrogen-bond donors (Lipinski definition) is 2. The van der Waals surface area contributed by atoms with Crippen LogP contribution in [0.4, 0.5) is 16.2 Å². The van der Waals surface area contributed by atoms with Crippen molar-refractivity contribution in [1.29, 1.82) is 0 Å². The van der Waals surface area contributed by atoms with Crippen molar-refractivity contribution in [2.45, 2.75) is 13.8 Å². The van der Waals surface area contributed by atoms with Gasteiger partial charge in [0.25, 0.3) is 5.56 Å². The first-order valence-corrected chi connectivity index (χ1v) is 7.54. The maximum Gasteiger partial charge on any atom is 0.323 e. The van der Waals surface area contributed by atoms with E-state index in [2.05, 4.69) is 15.6 Å². The Labute approximate surface area is 130 Å². The number of urea groups is 1. The van der Waals surface area contributed by atoms with E-state index in [1.165, 1.54) is 15.7 Å². The zero-order valence-corrected chi connectivity index (χ0v) is 12.9. The number of aromatic nitrogens is 2. The van der Waals surface area contributed by atoms with Gasteiger partial charge in [0.15, 0.2) is 4.96 Å². The normalized spacial score (nSPS) is 10.6. The lowest BCUT2D eigenvalue weighted by molar-refractivity contribution is 0.262. The van der Waals surface area contributed by atoms with Crippen molar-refractivity contribution < 1.29 is 4.79 Å². The van der Waals surface area contributed by atoms with Gasteiger partial charge in [-0.2, -0.15) is 0 Å². The number of nitrogens with one attached hydrogen (secondary N) is 2. The van der Waals surface area contributed by atoms with Crippen LogP contribution in [0.1, 0.15) is 11.3 Å². The van der Waals surface area contributed by atoms with E-state index in [4.69, 9.17) is 0 Å². The topological polar surface area (TPSA) is 75.5 Å². The van der Waals surface area contributed by atoms with Gasteiger partial charge >= 0.3 is 6.03 Å². The van der Waals surface area contributed by atoms with Gasteiger partial charge in [-0.15, -0.1) is 11.3 Å². The molecule has 0 unspecified atom stereocenters. The van der Waals surface area contributed by atoms with Crippen LogP contribution < -0.4 is 16.2 Å². The van der Waals surface area contributed by atoms with E-state index >= 15 is 0 Å². The monoisotopic (exact) mass is 314 g/mol. The van der Waals surface area contributed by atoms with Crippen LogP contribution in [-0.2, 0) is 0 Å². The zero-order valence-electron chi connectivity index (χ0n) is 12.1. The number of benzene rings is 1. The molecule has 0 atom stereocenters. The van der Waals surface area contributed by atoms with Crippen LogP contribution in [0.2, 0.25) is 0 Å². The molecule has 2 N–H and O–H groups in total. The Kier molecular flexibility index (Phi) is 3.64. The smallest absolute Gasteiger partial charge is 0.308 e. The van der Waals surface area contributed by atoms with Crippen LogP contribution in [0.5, 0.6) is 0 Å². The number of nitrogens with zero attached hydrogens (tertiary/aromatic N) is 2. The highest BCUT2D eigenvalue weighted by molar-refractivity contribution is 7.15. The number of carbonyl (C=O) groups is 1. The van der Waals surface area contributed by atoms with Gasteiger partial charge in [0.1, 0.15) is 5.69 Å². The van der Waals surface area contributed by atoms with Gasteiger partial charge in [-0.25, -0.2) is 9.78 Å². The van der Waals surface area contributed by atoms with Gasteiger partial charge < -0.3 is 10.6 Å². The zero-order chi connectivity index (χ0) is 15.7. The molecule has 3 rings (SSSR count). The quantitative estimate of drug-likeness (QED) is 0.763. The molecule has 7 heteroatoms. The van der Waals surface area contributed by atoms with Gasteiger partial charge in [0, 0.05) is 17.3 Å². The number of aryl methyl sites for hydroxylation is 2. The number of fused-ring (bicyclic) bond motifs is 1. The molecule has 22 heavy (non-hydrogen) atoms. The second-order valence-electron chi connectivity index (χ2n) is 4.88. The highest BCUT2D eigenvalue weighted by Crippen LogP contribution is 2.13. The summed E-state index contributed by atoms with van der Waals surface area (Å²) in [6, 6.07) is 6.92. The average molecular weight is 314 g/mol. The molecule has 6 nitrogen and oxygen atoms in total. The lowest BCUT2D eigenvalue weighted by atomic mass is 10.2. The minimum Gasteiger partial charge on any atom is -0.308 e. The van der Waals surface area contributed by atoms with Crippen molar-refractivity contribution in [2.24, 2.45) is 0 Å². The van der Waals surface area contributed by atoms with Crippen LogP contribution in [0, 0.1) is 13.8 Å². The summed E-state index contributed by atoms with van der Waals surface area (Å²) in [4.78, 5) is 29.3. The first-order valence-electron chi connectivity index (χ1n) is 6.66. The number of anilines is 2. The maximum absolute atomic E-state index is 12.3. The third-order valence-electron chi connectivity index (χ3n) is 3.20. The fourth-order valence-corrected chi connectivity index (χ4v) is 2.79. The molecule has 112 valence electrons. The Bertz CT molecular complexity index is 896. The van der Waals surface area contributed by atoms with E-state index in [0.717, 1.165) is 5.56 Å². The van der Waals surface area contributed by atoms with Crippen LogP contribution in [0.3, 0.4) is 0 Å². The molecule has 0 radical (unpaired) electrons. The molecule has 2 amide bonds. The second-order valence-corrected chi connectivity index (χ2v) is 5.75. The van der Waals surface area contributed by atoms with Crippen LogP contribution >= 0.6 is 11.3 Å². The molecule has 1 aromatic carbocycles. The van der Waals surface area contributed by atoms with Crippen molar-refractivity contribution >= 4 is 33.7 Å². The third-order valence-corrected chi connectivity index (χ3v) is 3.95. The minimum atomic E-state index is -0.471. The number of hydrogen-bond acceptors (Lipinski definition) is 4. The Balaban J connectivity index is 1.85. The predicted octanol–water partition coefficient (Wildman–Crippen LogP) is 3.02. The molecule has 0 bridgehead atoms. The average Bonchev–Trinajstić information content (AvgIpc) is 2.94. The van der Waals surface area contributed by atoms with Crippen LogP contribution in [0.25, 0.3) is 4.96 Å². The highest BCUT2D eigenvalue weighted by atomic mass is 32.1. The molecule has 0 spiro atoms. The summed E-state index contributed by atoms with van der Waals surface area (Å²) >= 11 is 1.37. The van der Waals surface area contributed by atoms with Crippen molar-refractivity contribution in [2.75, 3.05) is 10.6 Å². The molecule has 0 aliphatic rings. The molecule has 3 aromatic rings. The summed E-state index contributed by atoms with van der Waals surface area (Å²) in [5.41, 5.74) is 2.15. The third kappa shape index (κ3) is 2.71. The summed E-state index contributed by atoms with van der Waals surface area (Å²) in [6.45, 7) is 3.67. The van der Waals surface area contributed by atoms with Crippen molar-refractivity contribution in [3.05, 3.63) is 57.5 Å². The first-order chi connectivity index (χ1) is 10.5. The molecule has 0 fully saturated rings. The summed E-state index contributed by atoms with van der Waals surface area (Å²) in [5, 5.41) is 7.05. The van der Waals surface area contributed by atoms with Gasteiger partial charge in [-0.1, -0.05) is 17.7 Å². The molecule has 0 aliphatic heterocycles. The van der Waals surface area contributed by atoms with Crippen LogP contribution in [-0.4, -0.2) is 15.4 Å². The predicted molar refractivity (Wildman–Crippen MR) is 87.9 cm³/mol. The lowest BCUT2D eigenvalue weighted by Gasteiger charge is -2.09. The lowest BCUT2D eigenvalue weighted by Crippen LogP contribution is -2.27. The largest absolute Gasteiger partial charge is 0.323 e. The maximum atomic E-state index is 12.3.